The van der Waals surface area contributed by atoms with Crippen LogP contribution in [-0.4, -0.2) is 6.54 Å². The molecule has 0 aromatic rings. The SMILES string of the molecule is NC[CH2][Fe]1[CH2][CH2]1. The average Bonchev–Trinajstić information content (AvgIpc) is 2.21. The van der Waals surface area contributed by atoms with Crippen LogP contribution in [0.25, 0.3) is 0 Å². The van der Waals surface area contributed by atoms with Gasteiger partial charge in [-0.15, -0.1) is 0 Å². The van der Waals surface area contributed by atoms with E-state index < -0.39 is 0 Å². The maximum atomic E-state index is 5.29. The quantitative estimate of drug-likeness (QED) is 0.547. The Labute approximate surface area is 42.8 Å². The average molecular weight is 128 g/mol. The van der Waals surface area contributed by atoms with Crippen molar-refractivity contribution in [3.05, 3.63) is 0 Å². The van der Waals surface area contributed by atoms with E-state index in [1.165, 1.54) is 16.0 Å². The second kappa shape index (κ2) is 1.97. The molecule has 0 aromatic carbocycles. The van der Waals surface area contributed by atoms with E-state index in [1.54, 1.807) is 0 Å². The summed E-state index contributed by atoms with van der Waals surface area (Å²) in [5.41, 5.74) is 5.29. The fourth-order valence-electron chi connectivity index (χ4n) is 0.365. The second-order valence-electron chi connectivity index (χ2n) is 1.35. The van der Waals surface area contributed by atoms with Crippen molar-refractivity contribution in [2.45, 2.75) is 16.0 Å². The molecule has 1 aliphatic heterocycles. The fraction of sp³-hybridized carbons (Fsp3) is 1.00. The van der Waals surface area contributed by atoms with Crippen molar-refractivity contribution in [3.8, 4) is 0 Å². The number of nitrogens with two attached hydrogens (primary N) is 1. The van der Waals surface area contributed by atoms with Gasteiger partial charge in [0, 0.05) is 0 Å². The molecule has 1 fully saturated rings. The van der Waals surface area contributed by atoms with Gasteiger partial charge in [0.1, 0.15) is 0 Å². The predicted octanol–water partition coefficient (Wildman–Crippen LogP) is 0.832. The molecule has 2 heteroatoms. The molecule has 0 radical (unpaired) electrons. The Kier molecular flexibility index (Phi) is 1.52. The van der Waals surface area contributed by atoms with Gasteiger partial charge in [0.15, 0.2) is 0 Å². The molecule has 1 saturated heterocycles. The van der Waals surface area contributed by atoms with Gasteiger partial charge in [0.05, 0.1) is 0 Å². The summed E-state index contributed by atoms with van der Waals surface area (Å²) < 4.78 is 0. The van der Waals surface area contributed by atoms with E-state index in [2.05, 4.69) is 0 Å². The van der Waals surface area contributed by atoms with E-state index in [1.807, 2.05) is 0 Å². The first kappa shape index (κ1) is 4.63. The third-order valence-electron chi connectivity index (χ3n) is 0.779. The number of rotatable bonds is 2. The van der Waals surface area contributed by atoms with Crippen LogP contribution >= 0.6 is 0 Å². The van der Waals surface area contributed by atoms with E-state index in [0.717, 1.165) is 6.54 Å². The van der Waals surface area contributed by atoms with Gasteiger partial charge in [-0.3, -0.25) is 0 Å². The first-order chi connectivity index (χ1) is 2.93. The Bertz CT molecular complexity index is 42.8. The standard InChI is InChI=1S/C2H6N.C2H4.Fe/c1-2-3;1-2;/h1-3H2;1-2H2;. The zero-order chi connectivity index (χ0) is 4.41. The van der Waals surface area contributed by atoms with Crippen molar-refractivity contribution >= 4 is 0 Å². The molecule has 6 heavy (non-hydrogen) atoms. The summed E-state index contributed by atoms with van der Waals surface area (Å²) in [6.07, 6.45) is 0. The van der Waals surface area contributed by atoms with E-state index in [-0.39, 0.29) is 0 Å². The maximum absolute atomic E-state index is 5.29. The topological polar surface area (TPSA) is 26.0 Å². The third kappa shape index (κ3) is 1.29. The minimum atomic E-state index is 0.382. The zero-order valence-corrected chi connectivity index (χ0v) is 4.86. The Morgan fingerprint density at radius 1 is 1.50 bits per heavy atom. The summed E-state index contributed by atoms with van der Waals surface area (Å²) in [7, 11) is 0. The predicted molar refractivity (Wildman–Crippen MR) is 23.5 cm³/mol. The summed E-state index contributed by atoms with van der Waals surface area (Å²) >= 11 is 0.382. The van der Waals surface area contributed by atoms with Crippen molar-refractivity contribution in [2.75, 3.05) is 6.54 Å². The molecule has 1 rings (SSSR count). The summed E-state index contributed by atoms with van der Waals surface area (Å²) in [6.45, 7) is 0.931. The molecule has 0 atom stereocenters. The molecule has 1 aliphatic rings. The van der Waals surface area contributed by atoms with Gasteiger partial charge >= 0.3 is 42.1 Å². The van der Waals surface area contributed by atoms with Gasteiger partial charge in [0.2, 0.25) is 0 Å². The molecule has 0 aliphatic carbocycles. The van der Waals surface area contributed by atoms with E-state index in [0.29, 0.717) is 13.9 Å². The van der Waals surface area contributed by atoms with Crippen LogP contribution in [-0.2, 0) is 13.9 Å². The monoisotopic (exact) mass is 128 g/mol. The summed E-state index contributed by atoms with van der Waals surface area (Å²) in [6, 6.07) is 0. The van der Waals surface area contributed by atoms with Crippen LogP contribution in [0.1, 0.15) is 0 Å². The normalized spacial score (nSPS) is 24.5. The van der Waals surface area contributed by atoms with Crippen LogP contribution in [0.5, 0.6) is 0 Å². The van der Waals surface area contributed by atoms with Crippen LogP contribution in [0, 0.1) is 0 Å². The van der Waals surface area contributed by atoms with Crippen LogP contribution < -0.4 is 5.73 Å². The summed E-state index contributed by atoms with van der Waals surface area (Å²) in [5.74, 6) is 0. The zero-order valence-electron chi connectivity index (χ0n) is 3.76. The molecule has 0 bridgehead atoms. The molecular formula is C4H10FeN. The summed E-state index contributed by atoms with van der Waals surface area (Å²) in [5, 5.41) is 4.40. The van der Waals surface area contributed by atoms with Crippen LogP contribution in [0.3, 0.4) is 0 Å². The molecule has 0 aromatic heterocycles. The molecule has 39 valence electrons. The minimum absolute atomic E-state index is 0.382. The molecule has 0 unspecified atom stereocenters. The van der Waals surface area contributed by atoms with E-state index in [9.17, 15) is 0 Å². The van der Waals surface area contributed by atoms with Crippen molar-refractivity contribution < 1.29 is 13.9 Å². The summed E-state index contributed by atoms with van der Waals surface area (Å²) in [4.78, 5) is 0. The fourth-order valence-corrected chi connectivity index (χ4v) is 2.08. The molecule has 2 N–H and O–H groups in total. The third-order valence-corrected chi connectivity index (χ3v) is 3.21. The Morgan fingerprint density at radius 3 is 2.33 bits per heavy atom. The van der Waals surface area contributed by atoms with Gasteiger partial charge in [-0.25, -0.2) is 0 Å². The van der Waals surface area contributed by atoms with Gasteiger partial charge in [-0.05, 0) is 0 Å². The molecule has 0 saturated carbocycles. The second-order valence-corrected chi connectivity index (χ2v) is 4.66. The number of hydrogen-bond acceptors (Lipinski definition) is 1. The Hall–Kier alpha value is 0.479. The molecule has 0 amide bonds. The van der Waals surface area contributed by atoms with Crippen molar-refractivity contribution in [3.63, 3.8) is 0 Å². The molecular weight excluding hydrogens is 118 g/mol. The van der Waals surface area contributed by atoms with E-state index >= 15 is 0 Å². The van der Waals surface area contributed by atoms with Gasteiger partial charge in [-0.1, -0.05) is 0 Å². The molecule has 1 heterocycles. The van der Waals surface area contributed by atoms with Crippen LogP contribution in [0.15, 0.2) is 0 Å². The van der Waals surface area contributed by atoms with Crippen LogP contribution in [0.2, 0.25) is 16.0 Å². The Morgan fingerprint density at radius 2 is 2.17 bits per heavy atom. The van der Waals surface area contributed by atoms with Crippen molar-refractivity contribution in [2.24, 2.45) is 5.73 Å². The van der Waals surface area contributed by atoms with E-state index in [4.69, 9.17) is 5.73 Å². The van der Waals surface area contributed by atoms with Crippen molar-refractivity contribution in [1.82, 2.24) is 0 Å². The number of hydrogen-bond donors (Lipinski definition) is 1. The first-order valence-corrected chi connectivity index (χ1v) is 4.50. The molecule has 1 nitrogen and oxygen atoms in total. The van der Waals surface area contributed by atoms with Crippen LogP contribution in [0.4, 0.5) is 0 Å². The molecule has 0 spiro atoms. The van der Waals surface area contributed by atoms with Crippen molar-refractivity contribution in [1.29, 1.82) is 0 Å². The first-order valence-electron chi connectivity index (χ1n) is 2.16. The van der Waals surface area contributed by atoms with Gasteiger partial charge < -0.3 is 0 Å². The van der Waals surface area contributed by atoms with Gasteiger partial charge in [-0.2, -0.15) is 0 Å². The Balaban J connectivity index is 1.88. The van der Waals surface area contributed by atoms with Gasteiger partial charge in [0.25, 0.3) is 0 Å².